The molecule has 0 heterocycles. The number of aliphatic hydroxyl groups excluding tert-OH is 1. The molecule has 0 radical (unpaired) electrons. The number of allylic oxidation sites excluding steroid dienone is 1. The maximum atomic E-state index is 11.6. The van der Waals surface area contributed by atoms with Crippen molar-refractivity contribution in [3.05, 3.63) is 23.8 Å². The van der Waals surface area contributed by atoms with Crippen LogP contribution in [0.25, 0.3) is 0 Å². The second-order valence-corrected chi connectivity index (χ2v) is 13.3. The minimum atomic E-state index is -0.838. The van der Waals surface area contributed by atoms with Gasteiger partial charge in [0.25, 0.3) is 0 Å². The monoisotopic (exact) mass is 486 g/mol. The predicted molar refractivity (Wildman–Crippen MR) is 137 cm³/mol. The Hall–Kier alpha value is -1.62. The lowest BCUT2D eigenvalue weighted by Gasteiger charge is -2.61. The summed E-state index contributed by atoms with van der Waals surface area (Å²) in [4.78, 5) is 22.7. The maximum absolute atomic E-state index is 11.6. The van der Waals surface area contributed by atoms with Gasteiger partial charge in [0, 0.05) is 17.9 Å². The van der Waals surface area contributed by atoms with Crippen molar-refractivity contribution >= 4 is 11.9 Å². The first-order chi connectivity index (χ1) is 16.3. The summed E-state index contributed by atoms with van der Waals surface area (Å²) in [5, 5.41) is 30.1. The van der Waals surface area contributed by atoms with E-state index < -0.39 is 18.0 Å². The van der Waals surface area contributed by atoms with Gasteiger partial charge in [0.1, 0.15) is 0 Å². The van der Waals surface area contributed by atoms with E-state index in [0.717, 1.165) is 50.5 Å². The van der Waals surface area contributed by atoms with Gasteiger partial charge < -0.3 is 15.3 Å². The minimum absolute atomic E-state index is 0.00596. The van der Waals surface area contributed by atoms with Gasteiger partial charge >= 0.3 is 11.9 Å². The van der Waals surface area contributed by atoms with Crippen LogP contribution in [0.5, 0.6) is 0 Å². The van der Waals surface area contributed by atoms with Crippen LogP contribution in [-0.2, 0) is 9.59 Å². The highest BCUT2D eigenvalue weighted by atomic mass is 16.4. The molecular formula is C30H46O5. The van der Waals surface area contributed by atoms with Crippen LogP contribution in [0, 0.1) is 45.3 Å². The van der Waals surface area contributed by atoms with Gasteiger partial charge in [0.15, 0.2) is 0 Å². The molecule has 9 atom stereocenters. The molecule has 4 aliphatic rings. The summed E-state index contributed by atoms with van der Waals surface area (Å²) in [6.45, 7) is 15.2. The first kappa shape index (κ1) is 26.4. The Bertz CT molecular complexity index is 937. The van der Waals surface area contributed by atoms with E-state index in [2.05, 4.69) is 27.4 Å². The molecule has 0 saturated heterocycles. The van der Waals surface area contributed by atoms with Gasteiger partial charge in [0.05, 0.1) is 6.10 Å². The van der Waals surface area contributed by atoms with Crippen LogP contribution in [0.15, 0.2) is 23.8 Å². The molecule has 35 heavy (non-hydrogen) atoms. The number of aliphatic hydroxyl groups is 1. The zero-order valence-electron chi connectivity index (χ0n) is 22.4. The molecule has 4 rings (SSSR count). The maximum Gasteiger partial charge on any atom is 0.330 e. The molecule has 4 saturated carbocycles. The molecule has 0 aromatic carbocycles. The molecule has 0 aromatic heterocycles. The van der Waals surface area contributed by atoms with E-state index in [0.29, 0.717) is 29.7 Å². The fraction of sp³-hybridized carbons (Fsp3) is 0.800. The third kappa shape index (κ3) is 3.74. The Morgan fingerprint density at radius 2 is 1.80 bits per heavy atom. The molecule has 5 nitrogen and oxygen atoms in total. The second kappa shape index (κ2) is 8.75. The van der Waals surface area contributed by atoms with Gasteiger partial charge in [-0.25, -0.2) is 4.79 Å². The lowest BCUT2D eigenvalue weighted by Crippen LogP contribution is -2.57. The van der Waals surface area contributed by atoms with Crippen molar-refractivity contribution < 1.29 is 24.9 Å². The number of rotatable bonds is 9. The van der Waals surface area contributed by atoms with Gasteiger partial charge in [-0.3, -0.25) is 4.79 Å². The van der Waals surface area contributed by atoms with Gasteiger partial charge in [-0.1, -0.05) is 39.0 Å². The zero-order chi connectivity index (χ0) is 26.0. The smallest absolute Gasteiger partial charge is 0.330 e. The van der Waals surface area contributed by atoms with E-state index >= 15 is 0 Å². The van der Waals surface area contributed by atoms with E-state index in [-0.39, 0.29) is 34.0 Å². The average molecular weight is 487 g/mol. The highest BCUT2D eigenvalue weighted by Gasteiger charge is 2.81. The Kier molecular flexibility index (Phi) is 6.61. The predicted octanol–water partition coefficient (Wildman–Crippen LogP) is 6.46. The van der Waals surface area contributed by atoms with Crippen molar-refractivity contribution in [3.8, 4) is 0 Å². The lowest BCUT2D eigenvalue weighted by atomic mass is 9.43. The molecule has 0 aliphatic heterocycles. The van der Waals surface area contributed by atoms with Crippen molar-refractivity contribution in [2.24, 2.45) is 45.3 Å². The van der Waals surface area contributed by atoms with Crippen molar-refractivity contribution in [1.29, 1.82) is 0 Å². The third-order valence-corrected chi connectivity index (χ3v) is 12.0. The number of carboxylic acid groups (broad SMARTS) is 2. The van der Waals surface area contributed by atoms with E-state index in [1.165, 1.54) is 6.42 Å². The molecular weight excluding hydrogens is 440 g/mol. The van der Waals surface area contributed by atoms with Crippen LogP contribution in [0.3, 0.4) is 0 Å². The Labute approximate surface area is 211 Å². The highest BCUT2D eigenvalue weighted by molar-refractivity contribution is 5.85. The quantitative estimate of drug-likeness (QED) is 0.257. The van der Waals surface area contributed by atoms with E-state index in [9.17, 15) is 19.8 Å². The highest BCUT2D eigenvalue weighted by Crippen LogP contribution is 2.87. The first-order valence-corrected chi connectivity index (χ1v) is 13.7. The van der Waals surface area contributed by atoms with E-state index in [1.807, 2.05) is 13.0 Å². The van der Waals surface area contributed by atoms with Crippen LogP contribution >= 0.6 is 0 Å². The summed E-state index contributed by atoms with van der Waals surface area (Å²) >= 11 is 0. The molecule has 0 aromatic rings. The van der Waals surface area contributed by atoms with E-state index in [4.69, 9.17) is 5.11 Å². The molecule has 4 aliphatic carbocycles. The Morgan fingerprint density at radius 1 is 1.11 bits per heavy atom. The van der Waals surface area contributed by atoms with Crippen LogP contribution in [0.4, 0.5) is 0 Å². The standard InChI is InChI=1S/C30H46O5/c1-18(2)25-22(31)16-23-28(6)12-10-21(19(3)8-7-9-20(4)26(34)35)27(28,5)14-15-29(23)17-30(25,29)13-11-24(32)33/h9,19,21-23,25,31H,1,7-8,10-17H2,2-6H3,(H,32,33)(H,34,35). The van der Waals surface area contributed by atoms with Crippen molar-refractivity contribution in [2.45, 2.75) is 105 Å². The van der Waals surface area contributed by atoms with Crippen molar-refractivity contribution in [2.75, 3.05) is 0 Å². The molecule has 0 amide bonds. The minimum Gasteiger partial charge on any atom is -0.481 e. The molecule has 4 fully saturated rings. The number of fused-ring (bicyclic) bond motifs is 2. The average Bonchev–Trinajstić information content (AvgIpc) is 3.34. The summed E-state index contributed by atoms with van der Waals surface area (Å²) in [6.07, 6.45) is 10.5. The number of carbonyl (C=O) groups is 2. The van der Waals surface area contributed by atoms with Gasteiger partial charge in [-0.2, -0.15) is 0 Å². The second-order valence-electron chi connectivity index (χ2n) is 13.3. The van der Waals surface area contributed by atoms with Crippen molar-refractivity contribution in [3.63, 3.8) is 0 Å². The zero-order valence-corrected chi connectivity index (χ0v) is 22.4. The molecule has 1 spiro atoms. The number of aliphatic carboxylic acids is 2. The van der Waals surface area contributed by atoms with Gasteiger partial charge in [-0.15, -0.1) is 0 Å². The first-order valence-electron chi connectivity index (χ1n) is 13.7. The fourth-order valence-electron chi connectivity index (χ4n) is 10.2. The normalized spacial score (nSPS) is 45.1. The topological polar surface area (TPSA) is 94.8 Å². The number of hydrogen-bond donors (Lipinski definition) is 3. The summed E-state index contributed by atoms with van der Waals surface area (Å²) in [5.41, 5.74) is 1.77. The van der Waals surface area contributed by atoms with E-state index in [1.54, 1.807) is 6.92 Å². The molecule has 196 valence electrons. The van der Waals surface area contributed by atoms with Crippen molar-refractivity contribution in [1.82, 2.24) is 0 Å². The summed E-state index contributed by atoms with van der Waals surface area (Å²) in [5.74, 6) is -0.0541. The summed E-state index contributed by atoms with van der Waals surface area (Å²) < 4.78 is 0. The fourth-order valence-corrected chi connectivity index (χ4v) is 10.2. The number of carboxylic acids is 2. The summed E-state index contributed by atoms with van der Waals surface area (Å²) in [6, 6.07) is 0. The van der Waals surface area contributed by atoms with Crippen LogP contribution in [0.2, 0.25) is 0 Å². The SMILES string of the molecule is C=C(C)C1C(O)CC2C3(C)CCC(C(C)CCC=C(C)C(=O)O)C3(C)CCC23CC13CCC(=O)O. The van der Waals surface area contributed by atoms with Gasteiger partial charge in [-0.05, 0) is 111 Å². The lowest BCUT2D eigenvalue weighted by molar-refractivity contribution is -0.150. The molecule has 0 bridgehead atoms. The molecule has 5 heteroatoms. The third-order valence-electron chi connectivity index (χ3n) is 12.0. The van der Waals surface area contributed by atoms with Crippen LogP contribution in [-0.4, -0.2) is 33.4 Å². The van der Waals surface area contributed by atoms with Crippen LogP contribution < -0.4 is 0 Å². The molecule has 9 unspecified atom stereocenters. The Morgan fingerprint density at radius 3 is 2.40 bits per heavy atom. The number of hydrogen-bond acceptors (Lipinski definition) is 3. The largest absolute Gasteiger partial charge is 0.481 e. The summed E-state index contributed by atoms with van der Waals surface area (Å²) in [7, 11) is 0. The van der Waals surface area contributed by atoms with Crippen LogP contribution in [0.1, 0.15) is 98.8 Å². The Balaban J connectivity index is 1.60. The molecule has 3 N–H and O–H groups in total. The van der Waals surface area contributed by atoms with Gasteiger partial charge in [0.2, 0.25) is 0 Å².